The number of hydrogen-bond donors (Lipinski definition) is 3. The van der Waals surface area contributed by atoms with Crippen molar-refractivity contribution in [1.29, 1.82) is 0 Å². The van der Waals surface area contributed by atoms with Gasteiger partial charge in [-0.2, -0.15) is 0 Å². The number of aromatic nitrogens is 1. The third-order valence-corrected chi connectivity index (χ3v) is 2.82. The number of aliphatic hydroxyl groups excluding tert-OH is 1. The van der Waals surface area contributed by atoms with Crippen LogP contribution >= 0.6 is 0 Å². The summed E-state index contributed by atoms with van der Waals surface area (Å²) < 4.78 is 0. The zero-order valence-electron chi connectivity index (χ0n) is 11.5. The molecule has 0 atom stereocenters. The molecule has 5 nitrogen and oxygen atoms in total. The summed E-state index contributed by atoms with van der Waals surface area (Å²) in [6, 6.07) is 3.17. The maximum Gasteiger partial charge on any atom is 0.335 e. The number of anilines is 1. The van der Waals surface area contributed by atoms with E-state index in [0.29, 0.717) is 5.82 Å². The molecule has 0 radical (unpaired) electrons. The second-order valence-corrected chi connectivity index (χ2v) is 4.84. The van der Waals surface area contributed by atoms with Crippen molar-refractivity contribution in [3.8, 4) is 0 Å². The zero-order chi connectivity index (χ0) is 14.3. The average molecular weight is 266 g/mol. The number of carboxylic acids is 1. The van der Waals surface area contributed by atoms with Crippen molar-refractivity contribution in [3.63, 3.8) is 0 Å². The first kappa shape index (κ1) is 15.4. The third-order valence-electron chi connectivity index (χ3n) is 2.82. The van der Waals surface area contributed by atoms with Crippen LogP contribution in [0.15, 0.2) is 12.1 Å². The molecule has 0 saturated heterocycles. The molecule has 0 amide bonds. The van der Waals surface area contributed by atoms with Crippen LogP contribution in [0.1, 0.15) is 55.1 Å². The maximum atomic E-state index is 11.1. The lowest BCUT2D eigenvalue weighted by Gasteiger charge is -2.11. The SMILES string of the molecule is CC(C)c1cc(C(=O)O)cc(NCCCCCO)n1. The van der Waals surface area contributed by atoms with Crippen LogP contribution in [-0.2, 0) is 0 Å². The third kappa shape index (κ3) is 5.26. The summed E-state index contributed by atoms with van der Waals surface area (Å²) in [5.74, 6) is -0.144. The lowest BCUT2D eigenvalue weighted by atomic mass is 10.1. The Kier molecular flexibility index (Phi) is 6.29. The number of carboxylic acid groups (broad SMARTS) is 1. The lowest BCUT2D eigenvalue weighted by Crippen LogP contribution is -2.08. The van der Waals surface area contributed by atoms with E-state index in [2.05, 4.69) is 10.3 Å². The molecule has 19 heavy (non-hydrogen) atoms. The van der Waals surface area contributed by atoms with Crippen LogP contribution < -0.4 is 5.32 Å². The van der Waals surface area contributed by atoms with Gasteiger partial charge in [-0.15, -0.1) is 0 Å². The summed E-state index contributed by atoms with van der Waals surface area (Å²) in [5, 5.41) is 20.9. The Labute approximate surface area is 113 Å². The van der Waals surface area contributed by atoms with E-state index < -0.39 is 5.97 Å². The van der Waals surface area contributed by atoms with E-state index in [4.69, 9.17) is 10.2 Å². The zero-order valence-corrected chi connectivity index (χ0v) is 11.5. The monoisotopic (exact) mass is 266 g/mol. The maximum absolute atomic E-state index is 11.1. The highest BCUT2D eigenvalue weighted by atomic mass is 16.4. The number of nitrogens with one attached hydrogen (secondary N) is 1. The van der Waals surface area contributed by atoms with Crippen LogP contribution in [0.5, 0.6) is 0 Å². The number of pyridine rings is 1. The molecule has 1 aromatic heterocycles. The summed E-state index contributed by atoms with van der Waals surface area (Å²) in [4.78, 5) is 15.5. The number of nitrogens with zero attached hydrogens (tertiary/aromatic N) is 1. The molecule has 0 unspecified atom stereocenters. The molecular weight excluding hydrogens is 244 g/mol. The smallest absolute Gasteiger partial charge is 0.335 e. The van der Waals surface area contributed by atoms with Crippen LogP contribution in [0.4, 0.5) is 5.82 Å². The molecule has 0 aliphatic carbocycles. The van der Waals surface area contributed by atoms with Crippen molar-refractivity contribution in [1.82, 2.24) is 4.98 Å². The van der Waals surface area contributed by atoms with Crippen LogP contribution in [0, 0.1) is 0 Å². The quantitative estimate of drug-likeness (QED) is 0.630. The molecule has 0 saturated carbocycles. The van der Waals surface area contributed by atoms with Crippen LogP contribution in [0.2, 0.25) is 0 Å². The molecule has 1 heterocycles. The molecular formula is C14H22N2O3. The minimum absolute atomic E-state index is 0.189. The van der Waals surface area contributed by atoms with Gasteiger partial charge in [0.2, 0.25) is 0 Å². The number of rotatable bonds is 8. The molecule has 0 bridgehead atoms. The molecule has 1 aromatic rings. The number of unbranched alkanes of at least 4 members (excludes halogenated alkanes) is 2. The largest absolute Gasteiger partial charge is 0.478 e. The standard InChI is InChI=1S/C14H22N2O3/c1-10(2)12-8-11(14(18)19)9-13(16-12)15-6-4-3-5-7-17/h8-10,17H,3-7H2,1-2H3,(H,15,16)(H,18,19). The first-order valence-electron chi connectivity index (χ1n) is 6.64. The number of hydrogen-bond acceptors (Lipinski definition) is 4. The van der Waals surface area contributed by atoms with Crippen molar-refractivity contribution in [2.75, 3.05) is 18.5 Å². The molecule has 0 aliphatic heterocycles. The Morgan fingerprint density at radius 3 is 2.63 bits per heavy atom. The molecule has 0 fully saturated rings. The van der Waals surface area contributed by atoms with Gasteiger partial charge in [0.25, 0.3) is 0 Å². The molecule has 0 aliphatic rings. The van der Waals surface area contributed by atoms with E-state index in [1.807, 2.05) is 13.8 Å². The average Bonchev–Trinajstić information content (AvgIpc) is 2.38. The Balaban J connectivity index is 2.68. The van der Waals surface area contributed by atoms with Crippen LogP contribution in [0.3, 0.4) is 0 Å². The van der Waals surface area contributed by atoms with Gasteiger partial charge in [0.1, 0.15) is 5.82 Å². The first-order valence-corrected chi connectivity index (χ1v) is 6.64. The summed E-state index contributed by atoms with van der Waals surface area (Å²) in [5.41, 5.74) is 1.04. The molecule has 5 heteroatoms. The predicted molar refractivity (Wildman–Crippen MR) is 74.7 cm³/mol. The van der Waals surface area contributed by atoms with Crippen molar-refractivity contribution in [2.45, 2.75) is 39.0 Å². The topological polar surface area (TPSA) is 82.5 Å². The van der Waals surface area contributed by atoms with Crippen molar-refractivity contribution in [2.24, 2.45) is 0 Å². The number of carbonyl (C=O) groups is 1. The van der Waals surface area contributed by atoms with E-state index in [-0.39, 0.29) is 18.1 Å². The van der Waals surface area contributed by atoms with Gasteiger partial charge in [-0.05, 0) is 37.3 Å². The predicted octanol–water partition coefficient (Wildman–Crippen LogP) is 2.48. The van der Waals surface area contributed by atoms with Crippen molar-refractivity contribution in [3.05, 3.63) is 23.4 Å². The molecule has 106 valence electrons. The fraction of sp³-hybridized carbons (Fsp3) is 0.571. The minimum atomic E-state index is -0.937. The summed E-state index contributed by atoms with van der Waals surface area (Å²) in [7, 11) is 0. The van der Waals surface area contributed by atoms with Crippen molar-refractivity contribution < 1.29 is 15.0 Å². The molecule has 1 rings (SSSR count). The number of aliphatic hydroxyl groups is 1. The van der Waals surface area contributed by atoms with Gasteiger partial charge in [-0.1, -0.05) is 13.8 Å². The second-order valence-electron chi connectivity index (χ2n) is 4.84. The molecule has 3 N–H and O–H groups in total. The highest BCUT2D eigenvalue weighted by Gasteiger charge is 2.10. The van der Waals surface area contributed by atoms with E-state index >= 15 is 0 Å². The molecule has 0 aromatic carbocycles. The van der Waals surface area contributed by atoms with E-state index in [1.54, 1.807) is 12.1 Å². The highest BCUT2D eigenvalue weighted by molar-refractivity contribution is 5.88. The summed E-state index contributed by atoms with van der Waals surface area (Å²) in [6.07, 6.45) is 2.66. The summed E-state index contributed by atoms with van der Waals surface area (Å²) >= 11 is 0. The normalized spacial score (nSPS) is 10.7. The van der Waals surface area contributed by atoms with E-state index in [9.17, 15) is 4.79 Å². The second kappa shape index (κ2) is 7.74. The van der Waals surface area contributed by atoms with Gasteiger partial charge >= 0.3 is 5.97 Å². The van der Waals surface area contributed by atoms with E-state index in [0.717, 1.165) is 31.5 Å². The van der Waals surface area contributed by atoms with Crippen LogP contribution in [0.25, 0.3) is 0 Å². The first-order chi connectivity index (χ1) is 9.04. The van der Waals surface area contributed by atoms with Gasteiger partial charge in [-0.3, -0.25) is 0 Å². The Bertz CT molecular complexity index is 419. The number of aromatic carboxylic acids is 1. The fourth-order valence-corrected chi connectivity index (χ4v) is 1.69. The Morgan fingerprint density at radius 2 is 2.05 bits per heavy atom. The lowest BCUT2D eigenvalue weighted by molar-refractivity contribution is 0.0696. The van der Waals surface area contributed by atoms with Gasteiger partial charge in [0.05, 0.1) is 5.56 Å². The van der Waals surface area contributed by atoms with Gasteiger partial charge in [0, 0.05) is 18.8 Å². The van der Waals surface area contributed by atoms with Crippen LogP contribution in [-0.4, -0.2) is 34.3 Å². The molecule has 0 spiro atoms. The highest BCUT2D eigenvalue weighted by Crippen LogP contribution is 2.17. The Hall–Kier alpha value is -1.62. The van der Waals surface area contributed by atoms with Gasteiger partial charge < -0.3 is 15.5 Å². The van der Waals surface area contributed by atoms with Gasteiger partial charge in [-0.25, -0.2) is 9.78 Å². The van der Waals surface area contributed by atoms with Gasteiger partial charge in [0.15, 0.2) is 0 Å². The van der Waals surface area contributed by atoms with E-state index in [1.165, 1.54) is 0 Å². The minimum Gasteiger partial charge on any atom is -0.478 e. The summed E-state index contributed by atoms with van der Waals surface area (Å²) in [6.45, 7) is 4.91. The fourth-order valence-electron chi connectivity index (χ4n) is 1.69. The Morgan fingerprint density at radius 1 is 1.32 bits per heavy atom. The van der Waals surface area contributed by atoms with Crippen molar-refractivity contribution >= 4 is 11.8 Å².